The summed E-state index contributed by atoms with van der Waals surface area (Å²) in [4.78, 5) is 2.24. The highest BCUT2D eigenvalue weighted by Crippen LogP contribution is 2.25. The zero-order chi connectivity index (χ0) is 15.5. The van der Waals surface area contributed by atoms with Crippen molar-refractivity contribution in [2.24, 2.45) is 0 Å². The molecule has 2 aromatic rings. The van der Waals surface area contributed by atoms with Crippen LogP contribution in [0.5, 0.6) is 5.88 Å². The molecule has 0 saturated carbocycles. The van der Waals surface area contributed by atoms with E-state index >= 15 is 0 Å². The Hall–Kier alpha value is -2.05. The van der Waals surface area contributed by atoms with Crippen molar-refractivity contribution < 1.29 is 9.47 Å². The molecule has 0 spiro atoms. The van der Waals surface area contributed by atoms with E-state index < -0.39 is 0 Å². The van der Waals surface area contributed by atoms with E-state index in [2.05, 4.69) is 17.0 Å². The van der Waals surface area contributed by atoms with Crippen molar-refractivity contribution in [3.05, 3.63) is 35.9 Å². The molecule has 0 amide bonds. The lowest BCUT2D eigenvalue weighted by Crippen LogP contribution is -2.42. The summed E-state index contributed by atoms with van der Waals surface area (Å²) in [6.45, 7) is 4.98. The predicted molar refractivity (Wildman–Crippen MR) is 85.4 cm³/mol. The number of benzene rings is 1. The van der Waals surface area contributed by atoms with E-state index in [9.17, 15) is 0 Å². The second-order valence-electron chi connectivity index (χ2n) is 5.63. The van der Waals surface area contributed by atoms with Crippen LogP contribution in [0.3, 0.4) is 0 Å². The molecule has 1 aliphatic heterocycles. The monoisotopic (exact) mass is 302 g/mol. The highest BCUT2D eigenvalue weighted by Gasteiger charge is 2.20. The molecule has 118 valence electrons. The van der Waals surface area contributed by atoms with Gasteiger partial charge in [0.2, 0.25) is 5.88 Å². The summed E-state index contributed by atoms with van der Waals surface area (Å²) in [5.74, 6) is 1.17. The van der Waals surface area contributed by atoms with Crippen LogP contribution in [0.25, 0.3) is 5.69 Å². The zero-order valence-electron chi connectivity index (χ0n) is 13.0. The molecule has 1 saturated heterocycles. The quantitative estimate of drug-likeness (QED) is 0.926. The van der Waals surface area contributed by atoms with Crippen LogP contribution >= 0.6 is 0 Å². The van der Waals surface area contributed by atoms with Gasteiger partial charge in [-0.25, -0.2) is 4.68 Å². The third-order valence-electron chi connectivity index (χ3n) is 3.87. The number of nitrogens with zero attached hydrogens (tertiary/aromatic N) is 3. The number of para-hydroxylation sites is 1. The molecule has 1 aromatic carbocycles. The molecule has 3 rings (SSSR count). The number of nitrogen functional groups attached to an aromatic ring is 1. The first-order valence-corrected chi connectivity index (χ1v) is 7.48. The Kier molecular flexibility index (Phi) is 4.31. The van der Waals surface area contributed by atoms with E-state index in [0.717, 1.165) is 30.9 Å². The normalized spacial score (nSPS) is 19.3. The van der Waals surface area contributed by atoms with Crippen molar-refractivity contribution in [2.45, 2.75) is 13.0 Å². The van der Waals surface area contributed by atoms with Crippen LogP contribution in [0, 0.1) is 6.92 Å². The number of hydrogen-bond donors (Lipinski definition) is 1. The van der Waals surface area contributed by atoms with Crippen molar-refractivity contribution in [1.82, 2.24) is 14.7 Å². The summed E-state index contributed by atoms with van der Waals surface area (Å²) in [5.41, 5.74) is 7.92. The Bertz CT molecular complexity index is 627. The van der Waals surface area contributed by atoms with Gasteiger partial charge in [-0.3, -0.25) is 0 Å². The van der Waals surface area contributed by atoms with E-state index in [1.165, 1.54) is 0 Å². The molecule has 0 aliphatic carbocycles. The number of hydrogen-bond acceptors (Lipinski definition) is 5. The highest BCUT2D eigenvalue weighted by atomic mass is 16.5. The van der Waals surface area contributed by atoms with Gasteiger partial charge in [0, 0.05) is 13.1 Å². The van der Waals surface area contributed by atoms with Gasteiger partial charge in [-0.15, -0.1) is 5.10 Å². The number of morpholine rings is 1. The second-order valence-corrected chi connectivity index (χ2v) is 5.63. The number of ether oxygens (including phenoxy) is 2. The molecule has 0 radical (unpaired) electrons. The lowest BCUT2D eigenvalue weighted by Gasteiger charge is -2.29. The summed E-state index contributed by atoms with van der Waals surface area (Å²) in [6.07, 6.45) is 0.0706. The molecule has 6 heteroatoms. The summed E-state index contributed by atoms with van der Waals surface area (Å²) in [7, 11) is 2.09. The molecule has 0 unspecified atom stereocenters. The molecule has 2 N–H and O–H groups in total. The number of rotatable bonds is 4. The lowest BCUT2D eigenvalue weighted by atomic mass is 10.3. The summed E-state index contributed by atoms with van der Waals surface area (Å²) in [5, 5.41) is 4.48. The molecular formula is C16H22N4O2. The van der Waals surface area contributed by atoms with Gasteiger partial charge in [-0.2, -0.15) is 0 Å². The number of likely N-dealkylation sites (N-methyl/N-ethyl adjacent to an activating group) is 1. The van der Waals surface area contributed by atoms with Gasteiger partial charge in [-0.05, 0) is 26.1 Å². The largest absolute Gasteiger partial charge is 0.474 e. The van der Waals surface area contributed by atoms with Crippen LogP contribution in [-0.4, -0.2) is 54.1 Å². The van der Waals surface area contributed by atoms with Crippen LogP contribution in [0.1, 0.15) is 5.56 Å². The van der Waals surface area contributed by atoms with Gasteiger partial charge in [0.05, 0.1) is 17.9 Å². The first-order valence-electron chi connectivity index (χ1n) is 7.48. The molecular weight excluding hydrogens is 280 g/mol. The first kappa shape index (κ1) is 14.9. The third kappa shape index (κ3) is 3.08. The summed E-state index contributed by atoms with van der Waals surface area (Å²) >= 11 is 0. The van der Waals surface area contributed by atoms with E-state index in [4.69, 9.17) is 15.2 Å². The Morgan fingerprint density at radius 3 is 2.86 bits per heavy atom. The Labute approximate surface area is 130 Å². The molecule has 1 aliphatic rings. The fourth-order valence-corrected chi connectivity index (χ4v) is 2.53. The van der Waals surface area contributed by atoms with Gasteiger partial charge in [0.1, 0.15) is 18.5 Å². The van der Waals surface area contributed by atoms with Gasteiger partial charge < -0.3 is 20.1 Å². The number of nitrogens with two attached hydrogens (primary N) is 1. The molecule has 22 heavy (non-hydrogen) atoms. The topological polar surface area (TPSA) is 65.5 Å². The van der Waals surface area contributed by atoms with Crippen LogP contribution in [0.2, 0.25) is 0 Å². The summed E-state index contributed by atoms with van der Waals surface area (Å²) < 4.78 is 13.2. The van der Waals surface area contributed by atoms with Crippen LogP contribution in [0.4, 0.5) is 5.82 Å². The predicted octanol–water partition coefficient (Wildman–Crippen LogP) is 1.47. The van der Waals surface area contributed by atoms with Crippen molar-refractivity contribution in [1.29, 1.82) is 0 Å². The van der Waals surface area contributed by atoms with E-state index in [1.54, 1.807) is 4.68 Å². The SMILES string of the molecule is Cc1c(OC[C@H]2CN(C)CCO2)nn(-c2ccccc2)c1N. The Morgan fingerprint density at radius 1 is 1.36 bits per heavy atom. The van der Waals surface area contributed by atoms with Gasteiger partial charge in [0.25, 0.3) is 0 Å². The van der Waals surface area contributed by atoms with Gasteiger partial charge in [-0.1, -0.05) is 18.2 Å². The summed E-state index contributed by atoms with van der Waals surface area (Å²) in [6, 6.07) is 9.80. The minimum absolute atomic E-state index is 0.0706. The second kappa shape index (κ2) is 6.37. The van der Waals surface area contributed by atoms with Crippen molar-refractivity contribution in [3.8, 4) is 11.6 Å². The molecule has 2 heterocycles. The van der Waals surface area contributed by atoms with Gasteiger partial charge in [0.15, 0.2) is 0 Å². The van der Waals surface area contributed by atoms with Crippen LogP contribution < -0.4 is 10.5 Å². The Balaban J connectivity index is 1.72. The van der Waals surface area contributed by atoms with Crippen molar-refractivity contribution in [2.75, 3.05) is 39.1 Å². The average Bonchev–Trinajstić information content (AvgIpc) is 2.82. The molecule has 1 fully saturated rings. The fraction of sp³-hybridized carbons (Fsp3) is 0.438. The fourth-order valence-electron chi connectivity index (χ4n) is 2.53. The third-order valence-corrected chi connectivity index (χ3v) is 3.87. The lowest BCUT2D eigenvalue weighted by molar-refractivity contribution is -0.0411. The molecule has 1 atom stereocenters. The first-order chi connectivity index (χ1) is 10.6. The van der Waals surface area contributed by atoms with E-state index in [-0.39, 0.29) is 6.10 Å². The molecule has 1 aromatic heterocycles. The minimum atomic E-state index is 0.0706. The minimum Gasteiger partial charge on any atom is -0.474 e. The molecule has 0 bridgehead atoms. The molecule has 6 nitrogen and oxygen atoms in total. The maximum atomic E-state index is 6.15. The number of aromatic nitrogens is 2. The maximum absolute atomic E-state index is 6.15. The van der Waals surface area contributed by atoms with Crippen molar-refractivity contribution in [3.63, 3.8) is 0 Å². The highest BCUT2D eigenvalue weighted by molar-refractivity contribution is 5.51. The van der Waals surface area contributed by atoms with E-state index in [1.807, 2.05) is 37.3 Å². The smallest absolute Gasteiger partial charge is 0.238 e. The van der Waals surface area contributed by atoms with E-state index in [0.29, 0.717) is 18.3 Å². The standard InChI is InChI=1S/C16H22N4O2/c1-12-15(17)20(13-6-4-3-5-7-13)18-16(12)22-11-14-10-19(2)8-9-21-14/h3-7,14H,8-11,17H2,1-2H3/t14-/m1/s1. The van der Waals surface area contributed by atoms with Crippen molar-refractivity contribution >= 4 is 5.82 Å². The van der Waals surface area contributed by atoms with Gasteiger partial charge >= 0.3 is 0 Å². The average molecular weight is 302 g/mol. The van der Waals surface area contributed by atoms with Crippen LogP contribution in [0.15, 0.2) is 30.3 Å². The van der Waals surface area contributed by atoms with Crippen LogP contribution in [-0.2, 0) is 4.74 Å². The zero-order valence-corrected chi connectivity index (χ0v) is 13.0. The Morgan fingerprint density at radius 2 is 2.14 bits per heavy atom. The number of anilines is 1. The maximum Gasteiger partial charge on any atom is 0.238 e.